The highest BCUT2D eigenvalue weighted by Crippen LogP contribution is 2.37. The largest absolute Gasteiger partial charge is 0.513 e. The van der Waals surface area contributed by atoms with Crippen LogP contribution < -0.4 is 4.74 Å². The lowest BCUT2D eigenvalue weighted by molar-refractivity contribution is 0.122. The number of halogens is 2. The first-order valence-electron chi connectivity index (χ1n) is 6.16. The number of hydrogen-bond acceptors (Lipinski definition) is 3. The SMILES string of the molecule is COC(=O)Oc1c2cc(F)ccc2cc2cccc(F)c12. The molecule has 0 bridgehead atoms. The van der Waals surface area contributed by atoms with E-state index in [2.05, 4.69) is 4.74 Å². The summed E-state index contributed by atoms with van der Waals surface area (Å²) in [5, 5.41) is 1.60. The van der Waals surface area contributed by atoms with E-state index >= 15 is 0 Å². The van der Waals surface area contributed by atoms with Crippen molar-refractivity contribution in [3.63, 3.8) is 0 Å². The van der Waals surface area contributed by atoms with Crippen LogP contribution in [0.4, 0.5) is 13.6 Å². The number of methoxy groups -OCH3 is 1. The lowest BCUT2D eigenvalue weighted by Crippen LogP contribution is -2.08. The second-order valence-electron chi connectivity index (χ2n) is 4.47. The normalized spacial score (nSPS) is 10.8. The molecule has 0 atom stereocenters. The molecule has 5 heteroatoms. The molecule has 0 aliphatic rings. The first-order chi connectivity index (χ1) is 10.1. The van der Waals surface area contributed by atoms with Crippen LogP contribution in [0.2, 0.25) is 0 Å². The summed E-state index contributed by atoms with van der Waals surface area (Å²) in [4.78, 5) is 11.4. The zero-order valence-electron chi connectivity index (χ0n) is 11.0. The fraction of sp³-hybridized carbons (Fsp3) is 0.0625. The van der Waals surface area contributed by atoms with Gasteiger partial charge in [0.25, 0.3) is 0 Å². The van der Waals surface area contributed by atoms with Gasteiger partial charge in [-0.05, 0) is 35.0 Å². The topological polar surface area (TPSA) is 35.5 Å². The molecule has 0 aromatic heterocycles. The molecule has 0 N–H and O–H groups in total. The van der Waals surface area contributed by atoms with Crippen LogP contribution in [-0.2, 0) is 4.74 Å². The fourth-order valence-corrected chi connectivity index (χ4v) is 2.28. The van der Waals surface area contributed by atoms with Gasteiger partial charge in [0.1, 0.15) is 11.6 Å². The van der Waals surface area contributed by atoms with E-state index in [1.54, 1.807) is 24.3 Å². The van der Waals surface area contributed by atoms with E-state index in [4.69, 9.17) is 4.74 Å². The summed E-state index contributed by atoms with van der Waals surface area (Å²) in [6.07, 6.45) is -0.990. The van der Waals surface area contributed by atoms with Crippen LogP contribution in [0.5, 0.6) is 5.75 Å². The summed E-state index contributed by atoms with van der Waals surface area (Å²) < 4.78 is 37.1. The molecule has 0 aliphatic heterocycles. The average Bonchev–Trinajstić information content (AvgIpc) is 2.47. The van der Waals surface area contributed by atoms with Crippen molar-refractivity contribution < 1.29 is 23.0 Å². The molecule has 0 saturated heterocycles. The van der Waals surface area contributed by atoms with Crippen LogP contribution in [0, 0.1) is 11.6 Å². The number of ether oxygens (including phenoxy) is 2. The predicted octanol–water partition coefficient (Wildman–Crippen LogP) is 4.42. The number of fused-ring (bicyclic) bond motifs is 2. The quantitative estimate of drug-likeness (QED) is 0.378. The van der Waals surface area contributed by atoms with Crippen molar-refractivity contribution >= 4 is 27.7 Å². The Kier molecular flexibility index (Phi) is 3.17. The summed E-state index contributed by atoms with van der Waals surface area (Å²) >= 11 is 0. The third-order valence-corrected chi connectivity index (χ3v) is 3.20. The molecule has 0 aliphatic carbocycles. The highest BCUT2D eigenvalue weighted by molar-refractivity contribution is 6.06. The maximum Gasteiger partial charge on any atom is 0.513 e. The zero-order valence-corrected chi connectivity index (χ0v) is 11.0. The highest BCUT2D eigenvalue weighted by Gasteiger charge is 2.16. The van der Waals surface area contributed by atoms with Gasteiger partial charge in [0.15, 0.2) is 5.75 Å². The van der Waals surface area contributed by atoms with Gasteiger partial charge in [-0.15, -0.1) is 0 Å². The first-order valence-corrected chi connectivity index (χ1v) is 6.16. The highest BCUT2D eigenvalue weighted by atomic mass is 19.1. The van der Waals surface area contributed by atoms with Crippen molar-refractivity contribution in [1.82, 2.24) is 0 Å². The summed E-state index contributed by atoms with van der Waals surface area (Å²) in [6, 6.07) is 10.2. The molecule has 3 rings (SSSR count). The molecule has 106 valence electrons. The van der Waals surface area contributed by atoms with Gasteiger partial charge in [0.05, 0.1) is 12.5 Å². The Hall–Kier alpha value is -2.69. The van der Waals surface area contributed by atoms with Gasteiger partial charge in [0, 0.05) is 5.39 Å². The van der Waals surface area contributed by atoms with Gasteiger partial charge in [-0.25, -0.2) is 13.6 Å². The van der Waals surface area contributed by atoms with Crippen molar-refractivity contribution in [1.29, 1.82) is 0 Å². The van der Waals surface area contributed by atoms with Crippen LogP contribution in [-0.4, -0.2) is 13.3 Å². The number of carbonyl (C=O) groups is 1. The summed E-state index contributed by atoms with van der Waals surface area (Å²) in [5.74, 6) is -1.11. The van der Waals surface area contributed by atoms with E-state index in [0.29, 0.717) is 16.2 Å². The minimum atomic E-state index is -0.990. The molecule has 0 amide bonds. The fourth-order valence-electron chi connectivity index (χ4n) is 2.28. The second-order valence-corrected chi connectivity index (χ2v) is 4.47. The van der Waals surface area contributed by atoms with Crippen LogP contribution in [0.3, 0.4) is 0 Å². The molecule has 21 heavy (non-hydrogen) atoms. The average molecular weight is 288 g/mol. The Morgan fingerprint density at radius 3 is 2.62 bits per heavy atom. The van der Waals surface area contributed by atoms with Gasteiger partial charge in [0.2, 0.25) is 0 Å². The van der Waals surface area contributed by atoms with Crippen molar-refractivity contribution in [2.45, 2.75) is 0 Å². The van der Waals surface area contributed by atoms with Crippen molar-refractivity contribution in [3.05, 3.63) is 54.1 Å². The van der Waals surface area contributed by atoms with E-state index < -0.39 is 17.8 Å². The molecule has 0 spiro atoms. The molecule has 3 aromatic rings. The molecular formula is C16H10F2O3. The van der Waals surface area contributed by atoms with Crippen LogP contribution in [0.1, 0.15) is 0 Å². The molecule has 0 saturated carbocycles. The van der Waals surface area contributed by atoms with Gasteiger partial charge in [-0.1, -0.05) is 18.2 Å². The molecule has 0 fully saturated rings. The van der Waals surface area contributed by atoms with Crippen LogP contribution in [0.25, 0.3) is 21.5 Å². The van der Waals surface area contributed by atoms with Crippen LogP contribution in [0.15, 0.2) is 42.5 Å². The van der Waals surface area contributed by atoms with Crippen molar-refractivity contribution in [2.24, 2.45) is 0 Å². The predicted molar refractivity (Wildman–Crippen MR) is 74.4 cm³/mol. The number of hydrogen-bond donors (Lipinski definition) is 0. The molecule has 0 unspecified atom stereocenters. The molecule has 3 nitrogen and oxygen atoms in total. The maximum atomic E-state index is 14.1. The Bertz CT molecular complexity index is 859. The Balaban J connectivity index is 2.43. The van der Waals surface area contributed by atoms with E-state index in [1.165, 1.54) is 18.2 Å². The minimum absolute atomic E-state index is 0.0491. The Labute approximate surface area is 118 Å². The monoisotopic (exact) mass is 288 g/mol. The van der Waals surface area contributed by atoms with Gasteiger partial charge < -0.3 is 9.47 Å². The minimum Gasteiger partial charge on any atom is -0.437 e. The second kappa shape index (κ2) is 5.01. The van der Waals surface area contributed by atoms with E-state index in [0.717, 1.165) is 7.11 Å². The molecular weight excluding hydrogens is 278 g/mol. The third kappa shape index (κ3) is 2.27. The number of rotatable bonds is 1. The summed E-state index contributed by atoms with van der Waals surface area (Å²) in [5.41, 5.74) is 0. The third-order valence-electron chi connectivity index (χ3n) is 3.20. The van der Waals surface area contributed by atoms with Gasteiger partial charge in [-0.3, -0.25) is 0 Å². The number of carbonyl (C=O) groups excluding carboxylic acids is 1. The standard InChI is InChI=1S/C16H10F2O3/c1-20-16(19)21-15-12-8-11(17)6-5-9(12)7-10-3-2-4-13(18)14(10)15/h2-8H,1H3. The molecule has 0 radical (unpaired) electrons. The Morgan fingerprint density at radius 2 is 1.86 bits per heavy atom. The summed E-state index contributed by atoms with van der Waals surface area (Å²) in [7, 11) is 1.15. The van der Waals surface area contributed by atoms with E-state index in [1.807, 2.05) is 0 Å². The van der Waals surface area contributed by atoms with E-state index in [9.17, 15) is 13.6 Å². The molecule has 0 heterocycles. The van der Waals surface area contributed by atoms with E-state index in [-0.39, 0.29) is 11.1 Å². The lowest BCUT2D eigenvalue weighted by atomic mass is 10.0. The smallest absolute Gasteiger partial charge is 0.437 e. The maximum absolute atomic E-state index is 14.1. The van der Waals surface area contributed by atoms with Gasteiger partial charge >= 0.3 is 6.16 Å². The van der Waals surface area contributed by atoms with Gasteiger partial charge in [-0.2, -0.15) is 0 Å². The Morgan fingerprint density at radius 1 is 1.05 bits per heavy atom. The van der Waals surface area contributed by atoms with Crippen molar-refractivity contribution in [3.8, 4) is 5.75 Å². The van der Waals surface area contributed by atoms with Crippen molar-refractivity contribution in [2.75, 3.05) is 7.11 Å². The summed E-state index contributed by atoms with van der Waals surface area (Å²) in [6.45, 7) is 0. The number of benzene rings is 3. The zero-order chi connectivity index (χ0) is 15.0. The van der Waals surface area contributed by atoms with Crippen LogP contribution >= 0.6 is 0 Å². The first kappa shape index (κ1) is 13.3. The lowest BCUT2D eigenvalue weighted by Gasteiger charge is -2.11. The molecule has 3 aromatic carbocycles.